The van der Waals surface area contributed by atoms with Crippen molar-refractivity contribution >= 4 is 5.91 Å². The molecular formula is C13H20N2O3. The van der Waals surface area contributed by atoms with Crippen LogP contribution < -0.4 is 16.0 Å². The molecule has 1 aromatic rings. The van der Waals surface area contributed by atoms with Gasteiger partial charge in [-0.3, -0.25) is 10.2 Å². The van der Waals surface area contributed by atoms with Gasteiger partial charge in [-0.2, -0.15) is 0 Å². The van der Waals surface area contributed by atoms with Gasteiger partial charge in [0.05, 0.1) is 13.7 Å². The number of carbonyl (C=O) groups excluding carboxylic acids is 1. The Hall–Kier alpha value is -1.59. The largest absolute Gasteiger partial charge is 0.497 e. The third-order valence-corrected chi connectivity index (χ3v) is 2.57. The monoisotopic (exact) mass is 252 g/mol. The molecule has 0 bridgehead atoms. The third-order valence-electron chi connectivity index (χ3n) is 2.57. The Morgan fingerprint density at radius 3 is 2.89 bits per heavy atom. The van der Waals surface area contributed by atoms with E-state index in [0.29, 0.717) is 13.0 Å². The molecule has 0 aliphatic carbocycles. The molecule has 18 heavy (non-hydrogen) atoms. The standard InChI is InChI=1S/C13H20N2O3/c1-3-5-12(13(16)15-14)18-9-10-6-4-7-11(8-10)17-2/h4,6-8,12H,3,5,9,14H2,1-2H3,(H,15,16). The van der Waals surface area contributed by atoms with E-state index in [1.165, 1.54) is 0 Å². The van der Waals surface area contributed by atoms with Crippen molar-refractivity contribution in [2.45, 2.75) is 32.5 Å². The summed E-state index contributed by atoms with van der Waals surface area (Å²) in [5.41, 5.74) is 3.08. The number of hydrogen-bond donors (Lipinski definition) is 2. The zero-order chi connectivity index (χ0) is 13.4. The van der Waals surface area contributed by atoms with Crippen LogP contribution in [0.25, 0.3) is 0 Å². The van der Waals surface area contributed by atoms with Gasteiger partial charge in [0.15, 0.2) is 0 Å². The van der Waals surface area contributed by atoms with E-state index < -0.39 is 6.10 Å². The van der Waals surface area contributed by atoms with Crippen molar-refractivity contribution < 1.29 is 14.3 Å². The van der Waals surface area contributed by atoms with Crippen molar-refractivity contribution in [1.82, 2.24) is 5.43 Å². The van der Waals surface area contributed by atoms with Crippen LogP contribution in [-0.2, 0) is 16.1 Å². The highest BCUT2D eigenvalue weighted by atomic mass is 16.5. The van der Waals surface area contributed by atoms with Crippen LogP contribution >= 0.6 is 0 Å². The number of methoxy groups -OCH3 is 1. The minimum atomic E-state index is -0.508. The van der Waals surface area contributed by atoms with E-state index in [9.17, 15) is 4.79 Å². The molecule has 0 saturated heterocycles. The van der Waals surface area contributed by atoms with Crippen LogP contribution in [0.2, 0.25) is 0 Å². The molecule has 1 unspecified atom stereocenters. The predicted octanol–water partition coefficient (Wildman–Crippen LogP) is 1.37. The van der Waals surface area contributed by atoms with Crippen LogP contribution in [0.3, 0.4) is 0 Å². The first-order valence-corrected chi connectivity index (χ1v) is 5.96. The summed E-state index contributed by atoms with van der Waals surface area (Å²) in [7, 11) is 1.61. The van der Waals surface area contributed by atoms with Gasteiger partial charge in [-0.25, -0.2) is 5.84 Å². The molecule has 0 heterocycles. The van der Waals surface area contributed by atoms with Gasteiger partial charge in [0, 0.05) is 0 Å². The molecule has 0 saturated carbocycles. The first kappa shape index (κ1) is 14.5. The Bertz CT molecular complexity index is 382. The van der Waals surface area contributed by atoms with Crippen molar-refractivity contribution in [2.75, 3.05) is 7.11 Å². The van der Waals surface area contributed by atoms with Crippen LogP contribution in [0, 0.1) is 0 Å². The van der Waals surface area contributed by atoms with Crippen molar-refractivity contribution in [3.63, 3.8) is 0 Å². The zero-order valence-electron chi connectivity index (χ0n) is 10.8. The molecule has 1 atom stereocenters. The number of amides is 1. The molecule has 100 valence electrons. The second-order valence-electron chi connectivity index (χ2n) is 3.95. The van der Waals surface area contributed by atoms with Gasteiger partial charge in [0.25, 0.3) is 5.91 Å². The fourth-order valence-corrected chi connectivity index (χ4v) is 1.60. The first-order valence-electron chi connectivity index (χ1n) is 5.96. The second kappa shape index (κ2) is 7.68. The Labute approximate surface area is 107 Å². The predicted molar refractivity (Wildman–Crippen MR) is 68.8 cm³/mol. The maximum Gasteiger partial charge on any atom is 0.263 e. The van der Waals surface area contributed by atoms with Crippen molar-refractivity contribution in [1.29, 1.82) is 0 Å². The number of nitrogens with one attached hydrogen (secondary N) is 1. The van der Waals surface area contributed by atoms with Crippen LogP contribution in [0.15, 0.2) is 24.3 Å². The lowest BCUT2D eigenvalue weighted by atomic mass is 10.2. The molecule has 1 aromatic carbocycles. The van der Waals surface area contributed by atoms with Gasteiger partial charge in [0.2, 0.25) is 0 Å². The zero-order valence-corrected chi connectivity index (χ0v) is 10.8. The number of benzene rings is 1. The normalized spacial score (nSPS) is 11.9. The number of hydrogen-bond acceptors (Lipinski definition) is 4. The number of rotatable bonds is 7. The number of nitrogens with two attached hydrogens (primary N) is 1. The van der Waals surface area contributed by atoms with E-state index in [-0.39, 0.29) is 5.91 Å². The van der Waals surface area contributed by atoms with Gasteiger partial charge in [-0.05, 0) is 24.1 Å². The van der Waals surface area contributed by atoms with Crippen LogP contribution in [0.5, 0.6) is 5.75 Å². The Kier molecular flexibility index (Phi) is 6.18. The molecule has 0 aliphatic rings. The Balaban J connectivity index is 2.57. The molecule has 1 amide bonds. The molecular weight excluding hydrogens is 232 g/mol. The summed E-state index contributed by atoms with van der Waals surface area (Å²) in [6, 6.07) is 7.55. The summed E-state index contributed by atoms with van der Waals surface area (Å²) in [4.78, 5) is 11.5. The van der Waals surface area contributed by atoms with Gasteiger partial charge in [0.1, 0.15) is 11.9 Å². The van der Waals surface area contributed by atoms with Crippen LogP contribution in [0.4, 0.5) is 0 Å². The topological polar surface area (TPSA) is 73.6 Å². The minimum absolute atomic E-state index is 0.292. The quantitative estimate of drug-likeness (QED) is 0.436. The summed E-state index contributed by atoms with van der Waals surface area (Å²) >= 11 is 0. The average Bonchev–Trinajstić information content (AvgIpc) is 2.42. The van der Waals surface area contributed by atoms with E-state index in [4.69, 9.17) is 15.3 Å². The minimum Gasteiger partial charge on any atom is -0.497 e. The summed E-state index contributed by atoms with van der Waals surface area (Å²) in [6.45, 7) is 2.35. The lowest BCUT2D eigenvalue weighted by Gasteiger charge is -2.15. The van der Waals surface area contributed by atoms with Crippen LogP contribution in [0.1, 0.15) is 25.3 Å². The van der Waals surface area contributed by atoms with Gasteiger partial charge < -0.3 is 9.47 Å². The van der Waals surface area contributed by atoms with Gasteiger partial charge in [-0.15, -0.1) is 0 Å². The molecule has 0 spiro atoms. The van der Waals surface area contributed by atoms with Crippen molar-refractivity contribution in [2.24, 2.45) is 5.84 Å². The number of hydrazine groups is 1. The van der Waals surface area contributed by atoms with E-state index >= 15 is 0 Å². The summed E-state index contributed by atoms with van der Waals surface area (Å²) in [6.07, 6.45) is 0.995. The summed E-state index contributed by atoms with van der Waals surface area (Å²) in [5, 5.41) is 0. The highest BCUT2D eigenvalue weighted by Crippen LogP contribution is 2.14. The molecule has 1 rings (SSSR count). The van der Waals surface area contributed by atoms with Gasteiger partial charge in [-0.1, -0.05) is 25.5 Å². The fraction of sp³-hybridized carbons (Fsp3) is 0.462. The van der Waals surface area contributed by atoms with E-state index in [2.05, 4.69) is 5.43 Å². The smallest absolute Gasteiger partial charge is 0.263 e. The van der Waals surface area contributed by atoms with E-state index in [1.54, 1.807) is 7.11 Å². The molecule has 0 aromatic heterocycles. The number of carbonyl (C=O) groups is 1. The maximum absolute atomic E-state index is 11.5. The van der Waals surface area contributed by atoms with E-state index in [1.807, 2.05) is 31.2 Å². The molecule has 0 fully saturated rings. The molecule has 5 heteroatoms. The molecule has 5 nitrogen and oxygen atoms in total. The SMILES string of the molecule is CCCC(OCc1cccc(OC)c1)C(=O)NN. The highest BCUT2D eigenvalue weighted by Gasteiger charge is 2.16. The fourth-order valence-electron chi connectivity index (χ4n) is 1.60. The molecule has 3 N–H and O–H groups in total. The molecule has 0 radical (unpaired) electrons. The summed E-state index contributed by atoms with van der Waals surface area (Å²) < 4.78 is 10.7. The Morgan fingerprint density at radius 2 is 2.28 bits per heavy atom. The number of ether oxygens (including phenoxy) is 2. The lowest BCUT2D eigenvalue weighted by molar-refractivity contribution is -0.134. The van der Waals surface area contributed by atoms with Crippen molar-refractivity contribution in [3.8, 4) is 5.75 Å². The van der Waals surface area contributed by atoms with Crippen LogP contribution in [-0.4, -0.2) is 19.1 Å². The molecule has 0 aliphatic heterocycles. The lowest BCUT2D eigenvalue weighted by Crippen LogP contribution is -2.40. The Morgan fingerprint density at radius 1 is 1.50 bits per heavy atom. The van der Waals surface area contributed by atoms with Gasteiger partial charge >= 0.3 is 0 Å². The summed E-state index contributed by atoms with van der Waals surface area (Å²) in [5.74, 6) is 5.60. The highest BCUT2D eigenvalue weighted by molar-refractivity contribution is 5.80. The third kappa shape index (κ3) is 4.35. The second-order valence-corrected chi connectivity index (χ2v) is 3.95. The first-order chi connectivity index (χ1) is 8.71. The van der Waals surface area contributed by atoms with Crippen molar-refractivity contribution in [3.05, 3.63) is 29.8 Å². The average molecular weight is 252 g/mol. The maximum atomic E-state index is 11.5. The van der Waals surface area contributed by atoms with E-state index in [0.717, 1.165) is 17.7 Å².